The molecule has 0 aromatic carbocycles. The van der Waals surface area contributed by atoms with Crippen LogP contribution in [0.1, 0.15) is 25.3 Å². The van der Waals surface area contributed by atoms with Gasteiger partial charge >= 0.3 is 0 Å². The van der Waals surface area contributed by atoms with Crippen LogP contribution >= 0.6 is 11.6 Å². The first-order valence-corrected chi connectivity index (χ1v) is 5.52. The molecule has 0 aliphatic heterocycles. The maximum absolute atomic E-state index is 5.73. The molecule has 0 unspecified atom stereocenters. The highest BCUT2D eigenvalue weighted by Crippen LogP contribution is 2.27. The third kappa shape index (κ3) is 2.46. The van der Waals surface area contributed by atoms with Gasteiger partial charge < -0.3 is 0 Å². The van der Waals surface area contributed by atoms with Gasteiger partial charge in [0.1, 0.15) is 5.15 Å². The Bertz CT molecular complexity index is 293. The summed E-state index contributed by atoms with van der Waals surface area (Å²) < 4.78 is 0. The summed E-state index contributed by atoms with van der Waals surface area (Å²) in [5.41, 5.74) is 1.25. The molecule has 1 aliphatic carbocycles. The van der Waals surface area contributed by atoms with Crippen LogP contribution in [-0.2, 0) is 6.54 Å². The number of hydrogen-bond donors (Lipinski definition) is 0. The van der Waals surface area contributed by atoms with E-state index >= 15 is 0 Å². The quantitative estimate of drug-likeness (QED) is 0.711. The molecule has 1 aromatic heterocycles. The Kier molecular flexibility index (Phi) is 3.04. The lowest BCUT2D eigenvalue weighted by atomic mass is 10.2. The molecule has 0 N–H and O–H groups in total. The molecule has 0 spiro atoms. The fourth-order valence-electron chi connectivity index (χ4n) is 1.67. The summed E-state index contributed by atoms with van der Waals surface area (Å²) in [5, 5.41) is 0.572. The van der Waals surface area contributed by atoms with E-state index in [1.54, 1.807) is 0 Å². The Morgan fingerprint density at radius 2 is 2.29 bits per heavy atom. The lowest BCUT2D eigenvalue weighted by Gasteiger charge is -2.19. The molecular formula is C11H15ClN2. The second-order valence-corrected chi connectivity index (χ2v) is 4.17. The minimum absolute atomic E-state index is 0.572. The van der Waals surface area contributed by atoms with Crippen molar-refractivity contribution in [3.8, 4) is 0 Å². The Morgan fingerprint density at radius 1 is 1.50 bits per heavy atom. The molecule has 3 heteroatoms. The van der Waals surface area contributed by atoms with Crippen molar-refractivity contribution in [2.75, 3.05) is 6.54 Å². The van der Waals surface area contributed by atoms with Crippen molar-refractivity contribution < 1.29 is 0 Å². The second kappa shape index (κ2) is 4.28. The maximum atomic E-state index is 5.73. The van der Waals surface area contributed by atoms with Crippen molar-refractivity contribution in [3.05, 3.63) is 29.0 Å². The van der Waals surface area contributed by atoms with E-state index in [0.717, 1.165) is 19.1 Å². The standard InChI is InChI=1S/C11H15ClN2/c1-2-14(10-4-5-10)8-9-3-6-11(12)13-7-9/h3,6-7,10H,2,4-5,8H2,1H3. The van der Waals surface area contributed by atoms with Crippen LogP contribution in [-0.4, -0.2) is 22.5 Å². The lowest BCUT2D eigenvalue weighted by molar-refractivity contribution is 0.269. The molecule has 1 fully saturated rings. The van der Waals surface area contributed by atoms with Gasteiger partial charge in [-0.25, -0.2) is 4.98 Å². The molecule has 0 bridgehead atoms. The number of nitrogens with zero attached hydrogens (tertiary/aromatic N) is 2. The van der Waals surface area contributed by atoms with Crippen LogP contribution in [0.5, 0.6) is 0 Å². The van der Waals surface area contributed by atoms with Crippen LogP contribution in [0, 0.1) is 0 Å². The molecule has 1 aliphatic rings. The fraction of sp³-hybridized carbons (Fsp3) is 0.545. The predicted molar refractivity (Wildman–Crippen MR) is 58.4 cm³/mol. The summed E-state index contributed by atoms with van der Waals surface area (Å²) in [6, 6.07) is 4.73. The molecule has 2 rings (SSSR count). The average molecular weight is 211 g/mol. The van der Waals surface area contributed by atoms with Gasteiger partial charge in [0.25, 0.3) is 0 Å². The molecule has 0 saturated heterocycles. The average Bonchev–Trinajstić information content (AvgIpc) is 3.01. The number of pyridine rings is 1. The second-order valence-electron chi connectivity index (χ2n) is 3.78. The zero-order valence-electron chi connectivity index (χ0n) is 8.41. The van der Waals surface area contributed by atoms with Crippen LogP contribution in [0.2, 0.25) is 5.15 Å². The minimum atomic E-state index is 0.572. The van der Waals surface area contributed by atoms with Gasteiger partial charge in [0, 0.05) is 18.8 Å². The van der Waals surface area contributed by atoms with Gasteiger partial charge in [-0.15, -0.1) is 0 Å². The third-order valence-electron chi connectivity index (χ3n) is 2.64. The largest absolute Gasteiger partial charge is 0.296 e. The lowest BCUT2D eigenvalue weighted by Crippen LogP contribution is -2.24. The number of aromatic nitrogens is 1. The summed E-state index contributed by atoms with van der Waals surface area (Å²) in [6.45, 7) is 4.33. The molecule has 76 valence electrons. The Balaban J connectivity index is 1.98. The molecule has 1 heterocycles. The Morgan fingerprint density at radius 3 is 2.79 bits per heavy atom. The van der Waals surface area contributed by atoms with E-state index in [1.807, 2.05) is 12.3 Å². The summed E-state index contributed by atoms with van der Waals surface area (Å²) in [7, 11) is 0. The van der Waals surface area contributed by atoms with Gasteiger partial charge in [0.2, 0.25) is 0 Å². The number of rotatable bonds is 4. The predicted octanol–water partition coefficient (Wildman–Crippen LogP) is 2.72. The van der Waals surface area contributed by atoms with E-state index in [2.05, 4.69) is 22.9 Å². The molecule has 2 nitrogen and oxygen atoms in total. The summed E-state index contributed by atoms with van der Waals surface area (Å²) >= 11 is 5.73. The van der Waals surface area contributed by atoms with E-state index in [0.29, 0.717) is 5.15 Å². The molecular weight excluding hydrogens is 196 g/mol. The normalized spacial score (nSPS) is 16.2. The smallest absolute Gasteiger partial charge is 0.129 e. The van der Waals surface area contributed by atoms with Crippen LogP contribution in [0.3, 0.4) is 0 Å². The summed E-state index contributed by atoms with van der Waals surface area (Å²) in [4.78, 5) is 6.58. The number of hydrogen-bond acceptors (Lipinski definition) is 2. The first kappa shape index (κ1) is 9.94. The van der Waals surface area contributed by atoms with Gasteiger partial charge in [-0.3, -0.25) is 4.90 Å². The van der Waals surface area contributed by atoms with Crippen LogP contribution in [0.25, 0.3) is 0 Å². The Hall–Kier alpha value is -0.600. The molecule has 1 aromatic rings. The highest BCUT2D eigenvalue weighted by Gasteiger charge is 2.27. The van der Waals surface area contributed by atoms with Crippen molar-refractivity contribution in [2.24, 2.45) is 0 Å². The maximum Gasteiger partial charge on any atom is 0.129 e. The third-order valence-corrected chi connectivity index (χ3v) is 2.87. The highest BCUT2D eigenvalue weighted by atomic mass is 35.5. The van der Waals surface area contributed by atoms with E-state index in [1.165, 1.54) is 18.4 Å². The Labute approximate surface area is 89.9 Å². The fourth-order valence-corrected chi connectivity index (χ4v) is 1.79. The van der Waals surface area contributed by atoms with Crippen molar-refractivity contribution >= 4 is 11.6 Å². The molecule has 14 heavy (non-hydrogen) atoms. The zero-order valence-corrected chi connectivity index (χ0v) is 9.17. The van der Waals surface area contributed by atoms with E-state index < -0.39 is 0 Å². The van der Waals surface area contributed by atoms with E-state index in [-0.39, 0.29) is 0 Å². The van der Waals surface area contributed by atoms with Gasteiger partial charge in [-0.2, -0.15) is 0 Å². The van der Waals surface area contributed by atoms with Crippen LogP contribution in [0.15, 0.2) is 18.3 Å². The van der Waals surface area contributed by atoms with E-state index in [9.17, 15) is 0 Å². The van der Waals surface area contributed by atoms with Crippen molar-refractivity contribution in [1.29, 1.82) is 0 Å². The van der Waals surface area contributed by atoms with Crippen LogP contribution in [0.4, 0.5) is 0 Å². The minimum Gasteiger partial charge on any atom is -0.296 e. The highest BCUT2D eigenvalue weighted by molar-refractivity contribution is 6.29. The van der Waals surface area contributed by atoms with Gasteiger partial charge in [0.05, 0.1) is 0 Å². The number of halogens is 1. The summed E-state index contributed by atoms with van der Waals surface area (Å²) in [6.07, 6.45) is 4.58. The SMILES string of the molecule is CCN(Cc1ccc(Cl)nc1)C1CC1. The zero-order chi connectivity index (χ0) is 9.97. The molecule has 0 radical (unpaired) electrons. The topological polar surface area (TPSA) is 16.1 Å². The monoisotopic (exact) mass is 210 g/mol. The molecule has 0 amide bonds. The molecule has 1 saturated carbocycles. The van der Waals surface area contributed by atoms with Gasteiger partial charge in [0.15, 0.2) is 0 Å². The van der Waals surface area contributed by atoms with Crippen LogP contribution < -0.4 is 0 Å². The first-order valence-electron chi connectivity index (χ1n) is 5.14. The van der Waals surface area contributed by atoms with Gasteiger partial charge in [-0.05, 0) is 31.0 Å². The van der Waals surface area contributed by atoms with Crippen molar-refractivity contribution in [2.45, 2.75) is 32.4 Å². The van der Waals surface area contributed by atoms with Crippen molar-refractivity contribution in [3.63, 3.8) is 0 Å². The summed E-state index contributed by atoms with van der Waals surface area (Å²) in [5.74, 6) is 0. The van der Waals surface area contributed by atoms with Crippen molar-refractivity contribution in [1.82, 2.24) is 9.88 Å². The molecule has 0 atom stereocenters. The van der Waals surface area contributed by atoms with E-state index in [4.69, 9.17) is 11.6 Å². The first-order chi connectivity index (χ1) is 6.79. The van der Waals surface area contributed by atoms with Gasteiger partial charge in [-0.1, -0.05) is 24.6 Å².